The number of carboxylic acid groups (broad SMARTS) is 1. The zero-order chi connectivity index (χ0) is 20.6. The Balaban J connectivity index is 1.93. The number of anilines is 2. The molecule has 1 N–H and O–H groups in total. The lowest BCUT2D eigenvalue weighted by Gasteiger charge is -2.21. The van der Waals surface area contributed by atoms with Crippen molar-refractivity contribution in [2.45, 2.75) is 6.92 Å². The first-order valence-electron chi connectivity index (χ1n) is 9.11. The van der Waals surface area contributed by atoms with E-state index >= 15 is 0 Å². The predicted octanol–water partition coefficient (Wildman–Crippen LogP) is 5.80. The normalized spacial score (nSPS) is 11.2. The molecule has 0 aliphatic heterocycles. The molecule has 29 heavy (non-hydrogen) atoms. The van der Waals surface area contributed by atoms with E-state index in [0.717, 1.165) is 16.9 Å². The summed E-state index contributed by atoms with van der Waals surface area (Å²) in [6.07, 6.45) is 5.41. The number of hydrogen-bond acceptors (Lipinski definition) is 3. The summed E-state index contributed by atoms with van der Waals surface area (Å²) in [5.74, 6) is -1.23. The van der Waals surface area contributed by atoms with Gasteiger partial charge in [-0.15, -0.1) is 0 Å². The molecule has 0 bridgehead atoms. The van der Waals surface area contributed by atoms with Crippen molar-refractivity contribution in [3.8, 4) is 6.07 Å². The van der Waals surface area contributed by atoms with Crippen molar-refractivity contribution >= 4 is 29.5 Å². The minimum absolute atomic E-state index is 0.295. The molecule has 4 heteroatoms. The molecule has 0 unspecified atom stereocenters. The molecule has 3 aromatic rings. The molecule has 142 valence electrons. The third-order valence-electron chi connectivity index (χ3n) is 4.36. The molecule has 0 aromatic heterocycles. The third-order valence-corrected chi connectivity index (χ3v) is 4.36. The number of benzene rings is 3. The maximum atomic E-state index is 11.0. The van der Waals surface area contributed by atoms with E-state index in [1.807, 2.05) is 54.7 Å². The molecule has 3 aromatic carbocycles. The SMILES string of the molecule is Cc1ccc(/C=C/N(c2ccccc2)c2ccc(/C=C(\C#N)C(=O)O)cc2)cc1. The van der Waals surface area contributed by atoms with Crippen molar-refractivity contribution in [1.82, 2.24) is 0 Å². The Labute approximate surface area is 170 Å². The zero-order valence-electron chi connectivity index (χ0n) is 16.0. The van der Waals surface area contributed by atoms with Gasteiger partial charge in [0.1, 0.15) is 11.6 Å². The van der Waals surface area contributed by atoms with Crippen LogP contribution in [-0.4, -0.2) is 11.1 Å². The first-order chi connectivity index (χ1) is 14.1. The first-order valence-corrected chi connectivity index (χ1v) is 9.11. The van der Waals surface area contributed by atoms with Gasteiger partial charge in [0.15, 0.2) is 0 Å². The summed E-state index contributed by atoms with van der Waals surface area (Å²) in [5.41, 5.74) is 4.59. The highest BCUT2D eigenvalue weighted by molar-refractivity contribution is 5.96. The van der Waals surface area contributed by atoms with Gasteiger partial charge in [0.25, 0.3) is 0 Å². The van der Waals surface area contributed by atoms with E-state index in [2.05, 4.69) is 36.1 Å². The molecule has 0 atom stereocenters. The fourth-order valence-electron chi connectivity index (χ4n) is 2.79. The Hall–Kier alpha value is -4.10. The lowest BCUT2D eigenvalue weighted by atomic mass is 10.1. The average Bonchev–Trinajstić information content (AvgIpc) is 2.75. The van der Waals surface area contributed by atoms with Gasteiger partial charge in [-0.3, -0.25) is 0 Å². The van der Waals surface area contributed by atoms with E-state index in [9.17, 15) is 4.79 Å². The number of hydrogen-bond donors (Lipinski definition) is 1. The Morgan fingerprint density at radius 2 is 1.48 bits per heavy atom. The fourth-order valence-corrected chi connectivity index (χ4v) is 2.79. The summed E-state index contributed by atoms with van der Waals surface area (Å²) in [4.78, 5) is 13.1. The van der Waals surface area contributed by atoms with Crippen LogP contribution in [0.15, 0.2) is 90.6 Å². The molecule has 0 aliphatic carbocycles. The monoisotopic (exact) mass is 380 g/mol. The highest BCUT2D eigenvalue weighted by Gasteiger charge is 2.08. The Bertz CT molecular complexity index is 1070. The van der Waals surface area contributed by atoms with Crippen molar-refractivity contribution in [3.05, 3.63) is 107 Å². The molecule has 3 rings (SSSR count). The number of aryl methyl sites for hydroxylation is 1. The molecular formula is C25H20N2O2. The molecule has 0 heterocycles. The number of rotatable bonds is 6. The molecule has 0 aliphatic rings. The summed E-state index contributed by atoms with van der Waals surface area (Å²) in [6.45, 7) is 2.06. The number of nitriles is 1. The molecule has 0 fully saturated rings. The topological polar surface area (TPSA) is 64.3 Å². The van der Waals surface area contributed by atoms with E-state index < -0.39 is 5.97 Å². The fraction of sp³-hybridized carbons (Fsp3) is 0.0400. The molecule has 0 radical (unpaired) electrons. The highest BCUT2D eigenvalue weighted by Crippen LogP contribution is 2.27. The van der Waals surface area contributed by atoms with E-state index in [1.165, 1.54) is 11.6 Å². The van der Waals surface area contributed by atoms with Gasteiger partial charge in [-0.1, -0.05) is 60.2 Å². The largest absolute Gasteiger partial charge is 0.477 e. The van der Waals surface area contributed by atoms with Gasteiger partial charge in [0.05, 0.1) is 0 Å². The number of carbonyl (C=O) groups is 1. The minimum Gasteiger partial charge on any atom is -0.477 e. The van der Waals surface area contributed by atoms with Crippen LogP contribution < -0.4 is 4.90 Å². The number of nitrogens with zero attached hydrogens (tertiary/aromatic N) is 2. The van der Waals surface area contributed by atoms with Crippen LogP contribution in [-0.2, 0) is 4.79 Å². The zero-order valence-corrected chi connectivity index (χ0v) is 16.0. The summed E-state index contributed by atoms with van der Waals surface area (Å²) in [5, 5.41) is 17.9. The summed E-state index contributed by atoms with van der Waals surface area (Å²) in [6, 6.07) is 27.3. The highest BCUT2D eigenvalue weighted by atomic mass is 16.4. The van der Waals surface area contributed by atoms with Gasteiger partial charge in [0.2, 0.25) is 0 Å². The minimum atomic E-state index is -1.23. The van der Waals surface area contributed by atoms with E-state index in [1.54, 1.807) is 18.2 Å². The maximum Gasteiger partial charge on any atom is 0.346 e. The summed E-state index contributed by atoms with van der Waals surface area (Å²) in [7, 11) is 0. The molecule has 0 spiro atoms. The third kappa shape index (κ3) is 5.21. The van der Waals surface area contributed by atoms with Crippen molar-refractivity contribution in [3.63, 3.8) is 0 Å². The number of para-hydroxylation sites is 1. The van der Waals surface area contributed by atoms with Gasteiger partial charge in [-0.25, -0.2) is 4.79 Å². The van der Waals surface area contributed by atoms with Crippen LogP contribution in [0.5, 0.6) is 0 Å². The summed E-state index contributed by atoms with van der Waals surface area (Å²) < 4.78 is 0. The molecule has 4 nitrogen and oxygen atoms in total. The summed E-state index contributed by atoms with van der Waals surface area (Å²) >= 11 is 0. The quantitative estimate of drug-likeness (QED) is 0.434. The van der Waals surface area contributed by atoms with Crippen LogP contribution in [0, 0.1) is 18.3 Å². The molecular weight excluding hydrogens is 360 g/mol. The lowest BCUT2D eigenvalue weighted by molar-refractivity contribution is -0.132. The molecule has 0 saturated carbocycles. The second kappa shape index (κ2) is 9.20. The van der Waals surface area contributed by atoms with E-state index in [0.29, 0.717) is 5.56 Å². The van der Waals surface area contributed by atoms with Crippen molar-refractivity contribution in [2.24, 2.45) is 0 Å². The maximum absolute atomic E-state index is 11.0. The lowest BCUT2D eigenvalue weighted by Crippen LogP contribution is -2.08. The van der Waals surface area contributed by atoms with Gasteiger partial charge in [-0.05, 0) is 54.5 Å². The smallest absolute Gasteiger partial charge is 0.346 e. The second-order valence-corrected chi connectivity index (χ2v) is 6.50. The standard InChI is InChI=1S/C25H20N2O2/c1-19-7-9-20(10-8-19)15-16-27(23-5-3-2-4-6-23)24-13-11-21(12-14-24)17-22(18-26)25(28)29/h2-17H,1H3,(H,28,29)/b16-15+,22-17+. The van der Waals surface area contributed by atoms with Crippen LogP contribution in [0.25, 0.3) is 12.2 Å². The van der Waals surface area contributed by atoms with Crippen LogP contribution in [0.4, 0.5) is 11.4 Å². The van der Waals surface area contributed by atoms with Gasteiger partial charge < -0.3 is 10.0 Å². The predicted molar refractivity (Wildman–Crippen MR) is 116 cm³/mol. The average molecular weight is 380 g/mol. The Morgan fingerprint density at radius 1 is 0.897 bits per heavy atom. The van der Waals surface area contributed by atoms with Crippen LogP contribution in [0.1, 0.15) is 16.7 Å². The van der Waals surface area contributed by atoms with Crippen LogP contribution >= 0.6 is 0 Å². The van der Waals surface area contributed by atoms with Gasteiger partial charge in [-0.2, -0.15) is 5.26 Å². The number of aliphatic carboxylic acids is 1. The van der Waals surface area contributed by atoms with Crippen molar-refractivity contribution in [2.75, 3.05) is 4.90 Å². The van der Waals surface area contributed by atoms with E-state index in [4.69, 9.17) is 10.4 Å². The Morgan fingerprint density at radius 3 is 2.07 bits per heavy atom. The van der Waals surface area contributed by atoms with Crippen LogP contribution in [0.2, 0.25) is 0 Å². The van der Waals surface area contributed by atoms with Crippen molar-refractivity contribution in [1.29, 1.82) is 5.26 Å². The second-order valence-electron chi connectivity index (χ2n) is 6.50. The van der Waals surface area contributed by atoms with E-state index in [-0.39, 0.29) is 5.57 Å². The number of carboxylic acids is 1. The van der Waals surface area contributed by atoms with Crippen LogP contribution in [0.3, 0.4) is 0 Å². The van der Waals surface area contributed by atoms with Gasteiger partial charge in [0, 0.05) is 17.6 Å². The first kappa shape index (κ1) is 19.7. The Kier molecular flexibility index (Phi) is 6.24. The van der Waals surface area contributed by atoms with Gasteiger partial charge >= 0.3 is 5.97 Å². The molecule has 0 saturated heterocycles. The van der Waals surface area contributed by atoms with Crippen molar-refractivity contribution < 1.29 is 9.90 Å². The molecule has 0 amide bonds.